The molecule has 0 aliphatic carbocycles. The Balaban J connectivity index is 2.41. The fourth-order valence-electron chi connectivity index (χ4n) is 1.20. The number of aliphatic hydroxyl groups is 1. The van der Waals surface area contributed by atoms with Crippen LogP contribution in [0.4, 0.5) is 0 Å². The van der Waals surface area contributed by atoms with Crippen LogP contribution >= 0.6 is 0 Å². The van der Waals surface area contributed by atoms with Gasteiger partial charge < -0.3 is 9.84 Å². The molecule has 1 aliphatic rings. The number of aliphatic hydroxyl groups excluding tert-OH is 1. The molecule has 0 bridgehead atoms. The number of rotatable bonds is 0. The van der Waals surface area contributed by atoms with Crippen LogP contribution in [0.3, 0.4) is 0 Å². The fraction of sp³-hybridized carbons (Fsp3) is 1.00. The number of hydrogen-bond acceptors (Lipinski definition) is 2. The molecule has 1 rings (SSSR count). The van der Waals surface area contributed by atoms with E-state index in [4.69, 9.17) is 9.84 Å². The molecule has 0 amide bonds. The average molecular weight is 130 g/mol. The summed E-state index contributed by atoms with van der Waals surface area (Å²) in [6.45, 7) is 4.72. The normalized spacial score (nSPS) is 34.3. The maximum absolute atomic E-state index is 9.16. The molecule has 1 saturated heterocycles. The highest BCUT2D eigenvalue weighted by molar-refractivity contribution is 4.77. The van der Waals surface area contributed by atoms with E-state index in [1.54, 1.807) is 0 Å². The van der Waals surface area contributed by atoms with E-state index in [1.807, 2.05) is 13.8 Å². The molecule has 0 unspecified atom stereocenters. The highest BCUT2D eigenvalue weighted by Gasteiger charge is 2.26. The molecular formula is C7H14O2. The van der Waals surface area contributed by atoms with E-state index < -0.39 is 0 Å². The molecule has 1 atom stereocenters. The van der Waals surface area contributed by atoms with Gasteiger partial charge in [-0.25, -0.2) is 0 Å². The maximum atomic E-state index is 9.16. The predicted octanol–water partition coefficient (Wildman–Crippen LogP) is 0.936. The smallest absolute Gasteiger partial charge is 0.0651 e. The van der Waals surface area contributed by atoms with Gasteiger partial charge in [0.2, 0.25) is 0 Å². The maximum Gasteiger partial charge on any atom is 0.0651 e. The Bertz CT molecular complexity index is 99.1. The molecule has 2 heteroatoms. The van der Waals surface area contributed by atoms with Gasteiger partial charge in [-0.15, -0.1) is 0 Å². The van der Waals surface area contributed by atoms with Crippen molar-refractivity contribution >= 4 is 0 Å². The van der Waals surface area contributed by atoms with Crippen LogP contribution in [0.2, 0.25) is 0 Å². The summed E-state index contributed by atoms with van der Waals surface area (Å²) in [4.78, 5) is 0. The summed E-state index contributed by atoms with van der Waals surface area (Å²) in [5.74, 6) is 0. The van der Waals surface area contributed by atoms with Gasteiger partial charge in [0.25, 0.3) is 0 Å². The van der Waals surface area contributed by atoms with Gasteiger partial charge in [0, 0.05) is 13.0 Å². The Labute approximate surface area is 55.8 Å². The molecule has 0 aromatic heterocycles. The summed E-state index contributed by atoms with van der Waals surface area (Å²) in [5.41, 5.74) is -0.0995. The topological polar surface area (TPSA) is 29.5 Å². The first kappa shape index (κ1) is 7.03. The molecular weight excluding hydrogens is 116 g/mol. The minimum Gasteiger partial charge on any atom is -0.393 e. The van der Waals surface area contributed by atoms with Crippen molar-refractivity contribution in [3.05, 3.63) is 0 Å². The molecule has 2 nitrogen and oxygen atoms in total. The quantitative estimate of drug-likeness (QED) is 0.528. The van der Waals surface area contributed by atoms with Crippen LogP contribution < -0.4 is 0 Å². The Morgan fingerprint density at radius 2 is 2.22 bits per heavy atom. The lowest BCUT2D eigenvalue weighted by Crippen LogP contribution is -2.36. The predicted molar refractivity (Wildman–Crippen MR) is 35.3 cm³/mol. The second kappa shape index (κ2) is 2.27. The van der Waals surface area contributed by atoms with Crippen LogP contribution in [0.5, 0.6) is 0 Å². The van der Waals surface area contributed by atoms with Crippen molar-refractivity contribution < 1.29 is 9.84 Å². The van der Waals surface area contributed by atoms with E-state index in [9.17, 15) is 0 Å². The lowest BCUT2D eigenvalue weighted by atomic mass is 9.96. The van der Waals surface area contributed by atoms with Crippen LogP contribution in [-0.2, 0) is 4.74 Å². The highest BCUT2D eigenvalue weighted by Crippen LogP contribution is 2.23. The molecule has 9 heavy (non-hydrogen) atoms. The fourth-order valence-corrected chi connectivity index (χ4v) is 1.20. The van der Waals surface area contributed by atoms with Gasteiger partial charge >= 0.3 is 0 Å². The Hall–Kier alpha value is -0.0800. The Morgan fingerprint density at radius 1 is 1.56 bits per heavy atom. The monoisotopic (exact) mass is 130 g/mol. The zero-order valence-electron chi connectivity index (χ0n) is 6.05. The molecule has 1 heterocycles. The van der Waals surface area contributed by atoms with Crippen LogP contribution in [0.15, 0.2) is 0 Å². The third kappa shape index (κ3) is 1.95. The Kier molecular flexibility index (Phi) is 1.78. The lowest BCUT2D eigenvalue weighted by molar-refractivity contribution is -0.0960. The van der Waals surface area contributed by atoms with Crippen molar-refractivity contribution in [2.75, 3.05) is 6.61 Å². The summed E-state index contributed by atoms with van der Waals surface area (Å²) >= 11 is 0. The largest absolute Gasteiger partial charge is 0.393 e. The number of ether oxygens (including phenoxy) is 1. The standard InChI is InChI=1S/C7H14O2/c1-7(2)5-6(8)3-4-9-7/h6,8H,3-5H2,1-2H3/t6-/m1/s1. The van der Waals surface area contributed by atoms with Gasteiger partial charge in [-0.1, -0.05) is 0 Å². The van der Waals surface area contributed by atoms with Crippen LogP contribution in [0, 0.1) is 0 Å². The molecule has 1 aliphatic heterocycles. The molecule has 0 radical (unpaired) electrons. The zero-order chi connectivity index (χ0) is 6.91. The van der Waals surface area contributed by atoms with E-state index in [0.29, 0.717) is 6.61 Å². The van der Waals surface area contributed by atoms with Crippen molar-refractivity contribution in [1.82, 2.24) is 0 Å². The minimum absolute atomic E-state index is 0.0995. The van der Waals surface area contributed by atoms with Crippen LogP contribution in [-0.4, -0.2) is 23.4 Å². The van der Waals surface area contributed by atoms with E-state index in [2.05, 4.69) is 0 Å². The summed E-state index contributed by atoms with van der Waals surface area (Å²) < 4.78 is 5.38. The number of hydrogen-bond donors (Lipinski definition) is 1. The Morgan fingerprint density at radius 3 is 2.56 bits per heavy atom. The summed E-state index contributed by atoms with van der Waals surface area (Å²) in [6.07, 6.45) is 1.42. The SMILES string of the molecule is CC1(C)C[C@H](O)CCO1. The molecule has 0 saturated carbocycles. The van der Waals surface area contributed by atoms with Crippen molar-refractivity contribution in [3.8, 4) is 0 Å². The summed E-state index contributed by atoms with van der Waals surface area (Å²) in [7, 11) is 0. The molecule has 0 spiro atoms. The molecule has 1 fully saturated rings. The van der Waals surface area contributed by atoms with Gasteiger partial charge in [0.1, 0.15) is 0 Å². The second-order valence-electron chi connectivity index (χ2n) is 3.25. The van der Waals surface area contributed by atoms with Gasteiger partial charge in [-0.2, -0.15) is 0 Å². The summed E-state index contributed by atoms with van der Waals surface area (Å²) in [6, 6.07) is 0. The van der Waals surface area contributed by atoms with Gasteiger partial charge in [-0.05, 0) is 20.3 Å². The first-order chi connectivity index (χ1) is 4.10. The first-order valence-corrected chi connectivity index (χ1v) is 3.42. The highest BCUT2D eigenvalue weighted by atomic mass is 16.5. The van der Waals surface area contributed by atoms with Crippen molar-refractivity contribution in [2.24, 2.45) is 0 Å². The van der Waals surface area contributed by atoms with E-state index in [-0.39, 0.29) is 11.7 Å². The first-order valence-electron chi connectivity index (χ1n) is 3.42. The second-order valence-corrected chi connectivity index (χ2v) is 3.25. The summed E-state index contributed by atoms with van der Waals surface area (Å²) in [5, 5.41) is 9.16. The van der Waals surface area contributed by atoms with Crippen LogP contribution in [0.25, 0.3) is 0 Å². The zero-order valence-corrected chi connectivity index (χ0v) is 6.05. The van der Waals surface area contributed by atoms with Crippen molar-refractivity contribution in [2.45, 2.75) is 38.4 Å². The van der Waals surface area contributed by atoms with Crippen molar-refractivity contribution in [3.63, 3.8) is 0 Å². The van der Waals surface area contributed by atoms with Gasteiger partial charge in [0.05, 0.1) is 11.7 Å². The van der Waals surface area contributed by atoms with Gasteiger partial charge in [0.15, 0.2) is 0 Å². The van der Waals surface area contributed by atoms with Crippen LogP contribution in [0.1, 0.15) is 26.7 Å². The van der Waals surface area contributed by atoms with E-state index in [1.165, 1.54) is 0 Å². The molecule has 0 aromatic carbocycles. The minimum atomic E-state index is -0.145. The van der Waals surface area contributed by atoms with Gasteiger partial charge in [-0.3, -0.25) is 0 Å². The lowest BCUT2D eigenvalue weighted by Gasteiger charge is -2.32. The molecule has 0 aromatic rings. The molecule has 1 N–H and O–H groups in total. The third-order valence-corrected chi connectivity index (χ3v) is 1.67. The molecule has 54 valence electrons. The van der Waals surface area contributed by atoms with E-state index in [0.717, 1.165) is 12.8 Å². The van der Waals surface area contributed by atoms with Crippen molar-refractivity contribution in [1.29, 1.82) is 0 Å². The van der Waals surface area contributed by atoms with E-state index >= 15 is 0 Å². The third-order valence-electron chi connectivity index (χ3n) is 1.67. The average Bonchev–Trinajstić information content (AvgIpc) is 1.60.